The quantitative estimate of drug-likeness (QED) is 0.502. The molecule has 192 valence electrons. The summed E-state index contributed by atoms with van der Waals surface area (Å²) in [6.07, 6.45) is 0.858. The maximum Gasteiger partial charge on any atom is 0.263 e. The summed E-state index contributed by atoms with van der Waals surface area (Å²) in [4.78, 5) is 31.2. The minimum Gasteiger partial charge on any atom is -0.480 e. The Labute approximate surface area is 214 Å². The average molecular weight is 503 g/mol. The summed E-state index contributed by atoms with van der Waals surface area (Å²) in [5.41, 5.74) is 3.00. The van der Waals surface area contributed by atoms with Crippen molar-refractivity contribution in [3.63, 3.8) is 0 Å². The Morgan fingerprint density at radius 1 is 1.24 bits per heavy atom. The topological polar surface area (TPSA) is 122 Å². The molecule has 1 amide bonds. The number of nitrogens with one attached hydrogen (secondary N) is 2. The van der Waals surface area contributed by atoms with Crippen LogP contribution in [0.3, 0.4) is 0 Å². The fourth-order valence-electron chi connectivity index (χ4n) is 5.08. The number of likely N-dealkylation sites (tertiary alicyclic amines) is 1. The average Bonchev–Trinajstić information content (AvgIpc) is 2.91. The van der Waals surface area contributed by atoms with E-state index in [0.29, 0.717) is 36.8 Å². The second kappa shape index (κ2) is 10.7. The molecule has 3 aromatic rings. The van der Waals surface area contributed by atoms with Gasteiger partial charge >= 0.3 is 0 Å². The number of aryl methyl sites for hydroxylation is 1. The van der Waals surface area contributed by atoms with Crippen molar-refractivity contribution >= 4 is 22.6 Å². The van der Waals surface area contributed by atoms with Crippen LogP contribution in [0.25, 0.3) is 10.9 Å². The number of nitrogens with zero attached hydrogens (tertiary/aromatic N) is 4. The van der Waals surface area contributed by atoms with Crippen LogP contribution in [0.1, 0.15) is 23.2 Å². The first kappa shape index (κ1) is 24.9. The number of ether oxygens (including phenoxy) is 2. The third kappa shape index (κ3) is 5.34. The van der Waals surface area contributed by atoms with E-state index in [2.05, 4.69) is 26.6 Å². The number of carbonyl (C=O) groups is 1. The van der Waals surface area contributed by atoms with Crippen LogP contribution in [0.2, 0.25) is 0 Å². The molecule has 0 unspecified atom stereocenters. The van der Waals surface area contributed by atoms with Crippen molar-refractivity contribution < 1.29 is 14.3 Å². The Morgan fingerprint density at radius 2 is 2.11 bits per heavy atom. The monoisotopic (exact) mass is 502 g/mol. The van der Waals surface area contributed by atoms with Gasteiger partial charge in [-0.05, 0) is 49.7 Å². The zero-order valence-electron chi connectivity index (χ0n) is 21.0. The van der Waals surface area contributed by atoms with Crippen molar-refractivity contribution in [1.29, 1.82) is 5.26 Å². The van der Waals surface area contributed by atoms with E-state index in [9.17, 15) is 14.9 Å². The molecule has 0 radical (unpaired) electrons. The summed E-state index contributed by atoms with van der Waals surface area (Å²) >= 11 is 0. The maximum atomic E-state index is 12.8. The maximum absolute atomic E-state index is 12.8. The van der Waals surface area contributed by atoms with Gasteiger partial charge in [-0.15, -0.1) is 0 Å². The number of hydrogen-bond acceptors (Lipinski definition) is 8. The van der Waals surface area contributed by atoms with Crippen LogP contribution in [0.15, 0.2) is 41.2 Å². The highest BCUT2D eigenvalue weighted by Gasteiger charge is 2.29. The zero-order valence-corrected chi connectivity index (χ0v) is 21.0. The predicted molar refractivity (Wildman–Crippen MR) is 139 cm³/mol. The van der Waals surface area contributed by atoms with Gasteiger partial charge in [-0.2, -0.15) is 5.26 Å². The van der Waals surface area contributed by atoms with Gasteiger partial charge in [0.05, 0.1) is 28.9 Å². The number of nitriles is 1. The molecule has 2 aromatic heterocycles. The van der Waals surface area contributed by atoms with Crippen molar-refractivity contribution in [3.8, 4) is 11.8 Å². The molecule has 10 nitrogen and oxygen atoms in total. The minimum absolute atomic E-state index is 0.00997. The molecular formula is C27H30N6O4. The lowest BCUT2D eigenvalue weighted by molar-refractivity contribution is -0.118. The van der Waals surface area contributed by atoms with Crippen LogP contribution in [-0.2, 0) is 22.6 Å². The smallest absolute Gasteiger partial charge is 0.263 e. The van der Waals surface area contributed by atoms with E-state index in [1.165, 1.54) is 0 Å². The first-order valence-corrected chi connectivity index (χ1v) is 12.4. The molecule has 1 fully saturated rings. The van der Waals surface area contributed by atoms with Gasteiger partial charge in [-0.25, -0.2) is 4.98 Å². The third-order valence-corrected chi connectivity index (χ3v) is 7.11. The number of hydrogen-bond donors (Lipinski definition) is 2. The number of methoxy groups -OCH3 is 1. The highest BCUT2D eigenvalue weighted by molar-refractivity contribution is 5.94. The van der Waals surface area contributed by atoms with Crippen molar-refractivity contribution in [2.45, 2.75) is 38.6 Å². The van der Waals surface area contributed by atoms with Crippen LogP contribution in [0, 0.1) is 18.3 Å². The van der Waals surface area contributed by atoms with Crippen LogP contribution >= 0.6 is 0 Å². The van der Waals surface area contributed by atoms with Gasteiger partial charge in [-0.3, -0.25) is 14.5 Å². The van der Waals surface area contributed by atoms with Crippen molar-refractivity contribution in [2.24, 2.45) is 0 Å². The highest BCUT2D eigenvalue weighted by atomic mass is 16.5. The number of amides is 1. The van der Waals surface area contributed by atoms with Gasteiger partial charge in [0.25, 0.3) is 11.5 Å². The first-order valence-electron chi connectivity index (χ1n) is 12.4. The molecule has 0 bridgehead atoms. The summed E-state index contributed by atoms with van der Waals surface area (Å²) in [6, 6.07) is 13.2. The van der Waals surface area contributed by atoms with E-state index >= 15 is 0 Å². The van der Waals surface area contributed by atoms with E-state index in [0.717, 1.165) is 41.7 Å². The van der Waals surface area contributed by atoms with E-state index < -0.39 is 0 Å². The second-order valence-electron chi connectivity index (χ2n) is 9.50. The lowest BCUT2D eigenvalue weighted by Crippen LogP contribution is -2.53. The SMILES string of the molecule is CO[C@H]1CN(CCn2c(=O)cc(C)c3ccc(C#N)cc32)CC[C@H]1NCc1ccc2c(n1)NC(=O)CO2. The molecule has 0 saturated carbocycles. The summed E-state index contributed by atoms with van der Waals surface area (Å²) in [7, 11) is 1.72. The van der Waals surface area contributed by atoms with Crippen LogP contribution < -0.4 is 20.9 Å². The fourth-order valence-corrected chi connectivity index (χ4v) is 5.08. The van der Waals surface area contributed by atoms with Gasteiger partial charge in [0.1, 0.15) is 0 Å². The Kier molecular flexibility index (Phi) is 7.19. The van der Waals surface area contributed by atoms with E-state index in [-0.39, 0.29) is 30.2 Å². The molecule has 5 rings (SSSR count). The molecule has 37 heavy (non-hydrogen) atoms. The molecule has 1 saturated heterocycles. The lowest BCUT2D eigenvalue weighted by atomic mass is 10.0. The number of carbonyl (C=O) groups excluding carboxylic acids is 1. The second-order valence-corrected chi connectivity index (χ2v) is 9.50. The number of piperidine rings is 1. The Balaban J connectivity index is 1.21. The van der Waals surface area contributed by atoms with Gasteiger partial charge in [0.15, 0.2) is 18.2 Å². The van der Waals surface area contributed by atoms with Gasteiger partial charge in [-0.1, -0.05) is 6.07 Å². The largest absolute Gasteiger partial charge is 0.480 e. The zero-order chi connectivity index (χ0) is 25.9. The number of pyridine rings is 2. The molecule has 0 aliphatic carbocycles. The fraction of sp³-hybridized carbons (Fsp3) is 0.407. The van der Waals surface area contributed by atoms with Crippen LogP contribution in [0.4, 0.5) is 5.82 Å². The molecule has 2 aliphatic rings. The predicted octanol–water partition coefficient (Wildman–Crippen LogP) is 1.79. The van der Waals surface area contributed by atoms with Crippen molar-refractivity contribution in [3.05, 3.63) is 63.6 Å². The summed E-state index contributed by atoms with van der Waals surface area (Å²) < 4.78 is 13.0. The molecule has 0 spiro atoms. The highest BCUT2D eigenvalue weighted by Crippen LogP contribution is 2.25. The number of anilines is 1. The number of rotatable bonds is 7. The number of benzene rings is 1. The summed E-state index contributed by atoms with van der Waals surface area (Å²) in [5, 5.41) is 16.6. The van der Waals surface area contributed by atoms with E-state index in [1.54, 1.807) is 29.9 Å². The van der Waals surface area contributed by atoms with Crippen molar-refractivity contribution in [2.75, 3.05) is 38.7 Å². The lowest BCUT2D eigenvalue weighted by Gasteiger charge is -2.38. The molecule has 4 heterocycles. The summed E-state index contributed by atoms with van der Waals surface area (Å²) in [5.74, 6) is 0.827. The molecular weight excluding hydrogens is 472 g/mol. The van der Waals surface area contributed by atoms with Crippen LogP contribution in [-0.4, -0.2) is 65.9 Å². The number of fused-ring (bicyclic) bond motifs is 2. The standard InChI is InChI=1S/C27H30N6O4/c1-17-11-26(35)33(22-12-18(13-28)3-5-20(17)22)10-9-32-8-7-21(24(15-32)36-2)29-14-19-4-6-23-27(30-19)31-25(34)16-37-23/h3-6,11-12,21,24,29H,7-10,14-16H2,1-2H3,(H,30,31,34)/t21-,24+/m1/s1. The molecule has 2 aliphatic heterocycles. The third-order valence-electron chi connectivity index (χ3n) is 7.11. The molecule has 1 aromatic carbocycles. The van der Waals surface area contributed by atoms with Gasteiger partial charge in [0.2, 0.25) is 0 Å². The normalized spacial score (nSPS) is 19.6. The van der Waals surface area contributed by atoms with Crippen molar-refractivity contribution in [1.82, 2.24) is 19.8 Å². The molecule has 10 heteroatoms. The Hall–Kier alpha value is -3.78. The van der Waals surface area contributed by atoms with E-state index in [4.69, 9.17) is 9.47 Å². The Morgan fingerprint density at radius 3 is 2.92 bits per heavy atom. The Bertz CT molecular complexity index is 1430. The summed E-state index contributed by atoms with van der Waals surface area (Å²) in [6.45, 7) is 5.30. The van der Waals surface area contributed by atoms with E-state index in [1.807, 2.05) is 25.1 Å². The van der Waals surface area contributed by atoms with Gasteiger partial charge in [0, 0.05) is 50.8 Å². The molecule has 2 N–H and O–H groups in total. The minimum atomic E-state index is -0.205. The first-order chi connectivity index (χ1) is 17.9. The number of aromatic nitrogens is 2. The van der Waals surface area contributed by atoms with Crippen LogP contribution in [0.5, 0.6) is 5.75 Å². The van der Waals surface area contributed by atoms with Gasteiger partial charge < -0.3 is 24.7 Å². The molecule has 2 atom stereocenters.